The SMILES string of the molecule is CCCCN(CC(=O)OC(C[C@@H](C)CC(O)C(C)C1=NC(/C=C(\C)C(=O)NCC(=O)N(C)CC(=O)NC)CS1)C(C)(C)C)C(=O)CC(C)C.COc1ccc(C)cc1. The number of unbranched alkanes of at least 4 members (excludes halogenated alkanes) is 1. The fourth-order valence-corrected chi connectivity index (χ4v) is 7.03. The van der Waals surface area contributed by atoms with Crippen molar-refractivity contribution < 1.29 is 38.6 Å². The van der Waals surface area contributed by atoms with Gasteiger partial charge < -0.3 is 35.0 Å². The van der Waals surface area contributed by atoms with Crippen LogP contribution < -0.4 is 15.4 Å². The zero-order valence-corrected chi connectivity index (χ0v) is 38.3. The van der Waals surface area contributed by atoms with Gasteiger partial charge in [0.15, 0.2) is 0 Å². The molecule has 0 spiro atoms. The summed E-state index contributed by atoms with van der Waals surface area (Å²) in [6.07, 6.45) is 3.91. The van der Waals surface area contributed by atoms with Gasteiger partial charge in [-0.25, -0.2) is 0 Å². The molecule has 0 aromatic heterocycles. The Kier molecular flexibility index (Phi) is 23.6. The van der Waals surface area contributed by atoms with Crippen LogP contribution in [0, 0.1) is 30.1 Å². The molecule has 328 valence electrons. The van der Waals surface area contributed by atoms with E-state index in [1.54, 1.807) is 36.8 Å². The largest absolute Gasteiger partial charge is 0.497 e. The van der Waals surface area contributed by atoms with E-state index in [-0.39, 0.29) is 78.6 Å². The molecule has 4 amide bonds. The number of methoxy groups -OCH3 is 1. The molecule has 1 aromatic rings. The van der Waals surface area contributed by atoms with Gasteiger partial charge in [0.1, 0.15) is 18.4 Å². The Morgan fingerprint density at radius 2 is 1.67 bits per heavy atom. The van der Waals surface area contributed by atoms with E-state index in [1.165, 1.54) is 24.6 Å². The number of hydrogen-bond donors (Lipinski definition) is 3. The minimum absolute atomic E-state index is 0.0301. The number of nitrogens with zero attached hydrogens (tertiary/aromatic N) is 3. The van der Waals surface area contributed by atoms with Gasteiger partial charge in [0.2, 0.25) is 23.6 Å². The van der Waals surface area contributed by atoms with E-state index in [0.29, 0.717) is 37.1 Å². The summed E-state index contributed by atoms with van der Waals surface area (Å²) >= 11 is 1.55. The van der Waals surface area contributed by atoms with E-state index in [0.717, 1.165) is 23.6 Å². The number of aryl methyl sites for hydroxylation is 1. The monoisotopic (exact) mass is 832 g/mol. The fraction of sp³-hybridized carbons (Fsp3) is 0.682. The van der Waals surface area contributed by atoms with Gasteiger partial charge in [-0.15, -0.1) is 11.8 Å². The zero-order chi connectivity index (χ0) is 44.2. The van der Waals surface area contributed by atoms with Crippen LogP contribution in [-0.2, 0) is 28.7 Å². The lowest BCUT2D eigenvalue weighted by Crippen LogP contribution is -2.42. The first kappa shape index (κ1) is 52.1. The lowest BCUT2D eigenvalue weighted by Gasteiger charge is -2.34. The molecule has 1 aliphatic heterocycles. The summed E-state index contributed by atoms with van der Waals surface area (Å²) in [4.78, 5) is 69.8. The molecule has 58 heavy (non-hydrogen) atoms. The van der Waals surface area contributed by atoms with Crippen LogP contribution in [0.3, 0.4) is 0 Å². The number of likely N-dealkylation sites (N-methyl/N-ethyl adjacent to an activating group) is 2. The maximum absolute atomic E-state index is 13.1. The van der Waals surface area contributed by atoms with Gasteiger partial charge in [-0.3, -0.25) is 29.0 Å². The molecule has 1 aromatic carbocycles. The minimum Gasteiger partial charge on any atom is -0.497 e. The van der Waals surface area contributed by atoms with Crippen LogP contribution in [0.5, 0.6) is 5.75 Å². The number of benzene rings is 1. The second-order valence-electron chi connectivity index (χ2n) is 16.9. The maximum atomic E-state index is 13.1. The number of aliphatic imine (C=N–C) groups is 1. The number of ether oxygens (including phenoxy) is 2. The van der Waals surface area contributed by atoms with E-state index in [4.69, 9.17) is 14.5 Å². The molecule has 0 aliphatic carbocycles. The Labute approximate surface area is 352 Å². The quantitative estimate of drug-likeness (QED) is 0.102. The van der Waals surface area contributed by atoms with Gasteiger partial charge in [0, 0.05) is 44.3 Å². The summed E-state index contributed by atoms with van der Waals surface area (Å²) in [5, 5.41) is 17.0. The van der Waals surface area contributed by atoms with Crippen LogP contribution in [0.4, 0.5) is 0 Å². The first-order chi connectivity index (χ1) is 27.1. The van der Waals surface area contributed by atoms with Gasteiger partial charge in [-0.2, -0.15) is 0 Å². The Morgan fingerprint density at radius 3 is 2.22 bits per heavy atom. The summed E-state index contributed by atoms with van der Waals surface area (Å²) in [7, 11) is 4.65. The van der Waals surface area contributed by atoms with Crippen molar-refractivity contribution in [2.45, 2.75) is 120 Å². The highest BCUT2D eigenvalue weighted by molar-refractivity contribution is 8.14. The first-order valence-corrected chi connectivity index (χ1v) is 21.5. The zero-order valence-electron chi connectivity index (χ0n) is 37.5. The van der Waals surface area contributed by atoms with Crippen LogP contribution in [0.25, 0.3) is 0 Å². The van der Waals surface area contributed by atoms with Crippen LogP contribution in [0.15, 0.2) is 40.9 Å². The van der Waals surface area contributed by atoms with Crippen molar-refractivity contribution in [3.05, 3.63) is 41.5 Å². The molecule has 1 heterocycles. The summed E-state index contributed by atoms with van der Waals surface area (Å²) < 4.78 is 11.0. The molecule has 0 fully saturated rings. The fourth-order valence-electron chi connectivity index (χ4n) is 5.89. The van der Waals surface area contributed by atoms with Gasteiger partial charge in [0.25, 0.3) is 0 Å². The molecule has 13 nitrogen and oxygen atoms in total. The topological polar surface area (TPSA) is 167 Å². The summed E-state index contributed by atoms with van der Waals surface area (Å²) in [5.74, 6) is 0.0739. The average molecular weight is 832 g/mol. The lowest BCUT2D eigenvalue weighted by molar-refractivity contribution is -0.160. The number of carbonyl (C=O) groups is 5. The summed E-state index contributed by atoms with van der Waals surface area (Å²) in [6, 6.07) is 7.72. The van der Waals surface area contributed by atoms with Gasteiger partial charge in [-0.1, -0.05) is 85.6 Å². The molecule has 3 N–H and O–H groups in total. The van der Waals surface area contributed by atoms with Crippen molar-refractivity contribution in [1.29, 1.82) is 0 Å². The van der Waals surface area contributed by atoms with Crippen LogP contribution in [-0.4, -0.2) is 121 Å². The number of amides is 4. The number of carbonyl (C=O) groups excluding carboxylic acids is 5. The van der Waals surface area contributed by atoms with E-state index >= 15 is 0 Å². The van der Waals surface area contributed by atoms with Crippen molar-refractivity contribution >= 4 is 46.4 Å². The molecule has 2 rings (SSSR count). The van der Waals surface area contributed by atoms with E-state index in [1.807, 2.05) is 72.7 Å². The van der Waals surface area contributed by atoms with Crippen LogP contribution >= 0.6 is 11.8 Å². The maximum Gasteiger partial charge on any atom is 0.325 e. The Balaban J connectivity index is 0.00000163. The van der Waals surface area contributed by atoms with Gasteiger partial charge in [0.05, 0.1) is 37.4 Å². The number of hydrogen-bond acceptors (Lipinski definition) is 10. The second-order valence-corrected chi connectivity index (χ2v) is 17.9. The molecule has 0 radical (unpaired) electrons. The predicted octanol–water partition coefficient (Wildman–Crippen LogP) is 5.82. The number of thioether (sulfide) groups is 1. The molecular weight excluding hydrogens is 759 g/mol. The predicted molar refractivity (Wildman–Crippen MR) is 234 cm³/mol. The van der Waals surface area contributed by atoms with Crippen LogP contribution in [0.2, 0.25) is 0 Å². The minimum atomic E-state index is -0.666. The van der Waals surface area contributed by atoms with Crippen molar-refractivity contribution in [3.8, 4) is 5.75 Å². The summed E-state index contributed by atoms with van der Waals surface area (Å²) in [5.41, 5.74) is 1.36. The molecule has 0 saturated carbocycles. The number of rotatable bonds is 21. The van der Waals surface area contributed by atoms with E-state index < -0.39 is 12.1 Å². The molecule has 4 unspecified atom stereocenters. The van der Waals surface area contributed by atoms with Gasteiger partial charge in [-0.05, 0) is 62.5 Å². The van der Waals surface area contributed by atoms with Gasteiger partial charge >= 0.3 is 5.97 Å². The number of aliphatic hydroxyl groups excluding tert-OH is 1. The number of aliphatic hydroxyl groups is 1. The third-order valence-electron chi connectivity index (χ3n) is 9.74. The molecule has 14 heteroatoms. The standard InChI is InChI=1S/C36H63N5O7S.C8H10O/c1-12-13-14-41(31(44)15-23(2)3)21-33(46)48-29(36(7,8)9)17-24(4)16-28(42)26(6)35-39-27(22-49-35)18-25(5)34(47)38-19-32(45)40(11)20-30(43)37-10;1-7-3-5-8(9-2)6-4-7/h18,23-24,26-29,42H,12-17,19-22H2,1-11H3,(H,37,43)(H,38,47);3-6H,1-2H3/b25-18+;/t24-,26?,27?,28?,29?;/m0./s1. The smallest absolute Gasteiger partial charge is 0.325 e. The Hall–Kier alpha value is -3.91. The third kappa shape index (κ3) is 20.2. The normalized spacial score (nSPS) is 16.2. The van der Waals surface area contributed by atoms with Crippen LogP contribution in [0.1, 0.15) is 100.0 Å². The third-order valence-corrected chi connectivity index (χ3v) is 11.0. The number of esters is 1. The summed E-state index contributed by atoms with van der Waals surface area (Å²) in [6.45, 7) is 20.0. The first-order valence-electron chi connectivity index (χ1n) is 20.5. The van der Waals surface area contributed by atoms with E-state index in [2.05, 4.69) is 24.5 Å². The van der Waals surface area contributed by atoms with E-state index in [9.17, 15) is 29.1 Å². The highest BCUT2D eigenvalue weighted by Crippen LogP contribution is 2.32. The highest BCUT2D eigenvalue weighted by atomic mass is 32.2. The highest BCUT2D eigenvalue weighted by Gasteiger charge is 2.33. The molecular formula is C44H73N5O8S. The Bertz CT molecular complexity index is 1520. The molecule has 0 bridgehead atoms. The van der Waals surface area contributed by atoms with Crippen molar-refractivity contribution in [1.82, 2.24) is 20.4 Å². The van der Waals surface area contributed by atoms with Crippen molar-refractivity contribution in [3.63, 3.8) is 0 Å². The molecule has 1 aliphatic rings. The van der Waals surface area contributed by atoms with Crippen molar-refractivity contribution in [2.24, 2.45) is 28.2 Å². The van der Waals surface area contributed by atoms with Crippen molar-refractivity contribution in [2.75, 3.05) is 53.1 Å². The second kappa shape index (κ2) is 26.2. The average Bonchev–Trinajstić information content (AvgIpc) is 3.62. The lowest BCUT2D eigenvalue weighted by atomic mass is 9.81. The Morgan fingerprint density at radius 1 is 1.03 bits per heavy atom. The number of nitrogens with one attached hydrogen (secondary N) is 2. The molecule has 0 saturated heterocycles. The molecule has 5 atom stereocenters.